The molecule has 0 fully saturated rings. The van der Waals surface area contributed by atoms with Crippen molar-refractivity contribution in [3.63, 3.8) is 0 Å². The van der Waals surface area contributed by atoms with Crippen molar-refractivity contribution in [2.24, 2.45) is 0 Å². The van der Waals surface area contributed by atoms with Gasteiger partial charge in [-0.15, -0.1) is 0 Å². The summed E-state index contributed by atoms with van der Waals surface area (Å²) in [6.45, 7) is 1.27. The summed E-state index contributed by atoms with van der Waals surface area (Å²) in [7, 11) is -1.68. The maximum Gasteiger partial charge on any atom is 0.492 e. The third kappa shape index (κ3) is 3.55. The number of ether oxygens (including phenoxy) is 1. The fourth-order valence-electron chi connectivity index (χ4n) is 1.03. The van der Waals surface area contributed by atoms with Crippen molar-refractivity contribution in [1.82, 2.24) is 0 Å². The minimum atomic E-state index is -1.68. The molecular formula is C9H10BClO4. The lowest BCUT2D eigenvalue weighted by molar-refractivity contribution is -0.118. The van der Waals surface area contributed by atoms with Gasteiger partial charge in [-0.1, -0.05) is 11.6 Å². The fourth-order valence-corrected chi connectivity index (χ4v) is 1.21. The number of carbonyl (C=O) groups is 1. The Labute approximate surface area is 92.6 Å². The zero-order valence-electron chi connectivity index (χ0n) is 8.11. The number of hydrogen-bond acceptors (Lipinski definition) is 4. The smallest absolute Gasteiger partial charge is 0.486 e. The predicted molar refractivity (Wildman–Crippen MR) is 57.5 cm³/mol. The molecule has 0 unspecified atom stereocenters. The molecule has 0 aliphatic rings. The molecule has 0 aromatic heterocycles. The van der Waals surface area contributed by atoms with Crippen LogP contribution in [-0.4, -0.2) is 29.6 Å². The number of ketones is 1. The molecule has 80 valence electrons. The molecule has 0 saturated carbocycles. The molecule has 0 spiro atoms. The third-order valence-electron chi connectivity index (χ3n) is 1.68. The van der Waals surface area contributed by atoms with Crippen LogP contribution in [0, 0.1) is 0 Å². The number of halogens is 1. The Bertz CT molecular complexity index is 367. The van der Waals surface area contributed by atoms with Crippen LogP contribution in [0.2, 0.25) is 5.02 Å². The average Bonchev–Trinajstić information content (AvgIpc) is 2.15. The van der Waals surface area contributed by atoms with Crippen molar-refractivity contribution in [3.8, 4) is 5.75 Å². The quantitative estimate of drug-likeness (QED) is 0.711. The monoisotopic (exact) mass is 228 g/mol. The summed E-state index contributed by atoms with van der Waals surface area (Å²) in [5, 5.41) is 18.4. The van der Waals surface area contributed by atoms with E-state index in [1.54, 1.807) is 6.07 Å². The third-order valence-corrected chi connectivity index (χ3v) is 1.92. The lowest BCUT2D eigenvalue weighted by atomic mass is 9.79. The van der Waals surface area contributed by atoms with Crippen LogP contribution in [0.1, 0.15) is 6.92 Å². The molecule has 0 radical (unpaired) electrons. The zero-order chi connectivity index (χ0) is 11.4. The molecule has 6 heteroatoms. The van der Waals surface area contributed by atoms with Crippen LogP contribution in [0.4, 0.5) is 0 Å². The first-order valence-corrected chi connectivity index (χ1v) is 4.66. The topological polar surface area (TPSA) is 66.8 Å². The van der Waals surface area contributed by atoms with Gasteiger partial charge in [-0.05, 0) is 25.1 Å². The van der Waals surface area contributed by atoms with Gasteiger partial charge in [0.2, 0.25) is 0 Å². The standard InChI is InChI=1S/C9H10BClO4/c1-6(12)5-15-9-3-2-7(11)4-8(9)10(13)14/h2-4,13-14H,5H2,1H3. The molecule has 0 heterocycles. The molecule has 0 bridgehead atoms. The highest BCUT2D eigenvalue weighted by molar-refractivity contribution is 6.60. The molecule has 1 aromatic carbocycles. The van der Waals surface area contributed by atoms with Crippen molar-refractivity contribution < 1.29 is 19.6 Å². The van der Waals surface area contributed by atoms with Gasteiger partial charge in [0.05, 0.1) is 0 Å². The second-order valence-corrected chi connectivity index (χ2v) is 3.48. The van der Waals surface area contributed by atoms with E-state index >= 15 is 0 Å². The average molecular weight is 228 g/mol. The Kier molecular flexibility index (Phi) is 4.14. The van der Waals surface area contributed by atoms with Crippen LogP contribution in [0.25, 0.3) is 0 Å². The second kappa shape index (κ2) is 5.16. The Balaban J connectivity index is 2.90. The van der Waals surface area contributed by atoms with Crippen LogP contribution in [0.3, 0.4) is 0 Å². The van der Waals surface area contributed by atoms with Gasteiger partial charge in [0, 0.05) is 10.5 Å². The maximum atomic E-state index is 10.7. The van der Waals surface area contributed by atoms with E-state index in [1.165, 1.54) is 19.1 Å². The van der Waals surface area contributed by atoms with E-state index in [0.717, 1.165) is 0 Å². The van der Waals surface area contributed by atoms with Crippen LogP contribution in [0.15, 0.2) is 18.2 Å². The van der Waals surface area contributed by atoms with E-state index in [2.05, 4.69) is 0 Å². The zero-order valence-corrected chi connectivity index (χ0v) is 8.86. The first-order valence-electron chi connectivity index (χ1n) is 4.28. The summed E-state index contributed by atoms with van der Waals surface area (Å²) in [5.41, 5.74) is 0.142. The van der Waals surface area contributed by atoms with Crippen molar-refractivity contribution in [2.75, 3.05) is 6.61 Å². The van der Waals surface area contributed by atoms with Crippen LogP contribution in [-0.2, 0) is 4.79 Å². The number of hydrogen-bond donors (Lipinski definition) is 2. The predicted octanol–water partition coefficient (Wildman–Crippen LogP) is -0.0124. The highest BCUT2D eigenvalue weighted by Crippen LogP contribution is 2.14. The lowest BCUT2D eigenvalue weighted by Crippen LogP contribution is -2.32. The van der Waals surface area contributed by atoms with Gasteiger partial charge in [0.25, 0.3) is 0 Å². The molecular weight excluding hydrogens is 218 g/mol. The summed E-state index contributed by atoms with van der Waals surface area (Å²) in [4.78, 5) is 10.7. The van der Waals surface area contributed by atoms with Crippen molar-refractivity contribution in [2.45, 2.75) is 6.92 Å². The van der Waals surface area contributed by atoms with Gasteiger partial charge in [-0.25, -0.2) is 0 Å². The Morgan fingerprint density at radius 2 is 2.20 bits per heavy atom. The summed E-state index contributed by atoms with van der Waals surface area (Å²) < 4.78 is 5.09. The molecule has 0 aliphatic carbocycles. The normalized spacial score (nSPS) is 9.87. The number of benzene rings is 1. The summed E-state index contributed by atoms with van der Waals surface area (Å²) >= 11 is 5.68. The summed E-state index contributed by atoms with van der Waals surface area (Å²) in [6.07, 6.45) is 0. The molecule has 15 heavy (non-hydrogen) atoms. The van der Waals surface area contributed by atoms with Gasteiger partial charge in [0.15, 0.2) is 5.78 Å². The largest absolute Gasteiger partial charge is 0.492 e. The molecule has 1 rings (SSSR count). The van der Waals surface area contributed by atoms with Crippen molar-refractivity contribution in [1.29, 1.82) is 0 Å². The van der Waals surface area contributed by atoms with Crippen molar-refractivity contribution >= 4 is 30.0 Å². The molecule has 1 aromatic rings. The van der Waals surface area contributed by atoms with E-state index in [-0.39, 0.29) is 23.6 Å². The van der Waals surface area contributed by atoms with E-state index in [0.29, 0.717) is 5.02 Å². The van der Waals surface area contributed by atoms with Gasteiger partial charge < -0.3 is 14.8 Å². The Morgan fingerprint density at radius 1 is 1.53 bits per heavy atom. The van der Waals surface area contributed by atoms with Gasteiger partial charge >= 0.3 is 7.12 Å². The Morgan fingerprint density at radius 3 is 2.73 bits per heavy atom. The van der Waals surface area contributed by atoms with E-state index in [1.807, 2.05) is 0 Å². The molecule has 4 nitrogen and oxygen atoms in total. The molecule has 0 amide bonds. The van der Waals surface area contributed by atoms with Gasteiger partial charge in [-0.3, -0.25) is 4.79 Å². The SMILES string of the molecule is CC(=O)COc1ccc(Cl)cc1B(O)O. The first kappa shape index (κ1) is 12.0. The molecule has 0 atom stereocenters. The van der Waals surface area contributed by atoms with E-state index < -0.39 is 7.12 Å². The summed E-state index contributed by atoms with van der Waals surface area (Å²) in [5.74, 6) is 0.0907. The molecule has 0 aliphatic heterocycles. The molecule has 2 N–H and O–H groups in total. The maximum absolute atomic E-state index is 10.7. The summed E-state index contributed by atoms with van der Waals surface area (Å²) in [6, 6.07) is 4.41. The number of carbonyl (C=O) groups excluding carboxylic acids is 1. The van der Waals surface area contributed by atoms with Crippen molar-refractivity contribution in [3.05, 3.63) is 23.2 Å². The Hall–Kier alpha value is -1.04. The van der Waals surface area contributed by atoms with Crippen LogP contribution < -0.4 is 10.2 Å². The van der Waals surface area contributed by atoms with E-state index in [4.69, 9.17) is 26.4 Å². The van der Waals surface area contributed by atoms with Gasteiger partial charge in [0.1, 0.15) is 12.4 Å². The lowest BCUT2D eigenvalue weighted by Gasteiger charge is -2.09. The van der Waals surface area contributed by atoms with E-state index in [9.17, 15) is 4.79 Å². The highest BCUT2D eigenvalue weighted by Gasteiger charge is 2.17. The first-order chi connectivity index (χ1) is 7.00. The minimum absolute atomic E-state index is 0.110. The van der Waals surface area contributed by atoms with Gasteiger partial charge in [-0.2, -0.15) is 0 Å². The fraction of sp³-hybridized carbons (Fsp3) is 0.222. The minimum Gasteiger partial charge on any atom is -0.486 e. The van der Waals surface area contributed by atoms with Crippen LogP contribution >= 0.6 is 11.6 Å². The second-order valence-electron chi connectivity index (χ2n) is 3.05. The molecule has 0 saturated heterocycles. The van der Waals surface area contributed by atoms with Crippen LogP contribution in [0.5, 0.6) is 5.75 Å². The number of rotatable bonds is 4. The highest BCUT2D eigenvalue weighted by atomic mass is 35.5. The number of Topliss-reactive ketones (excluding diaryl/α,β-unsaturated/α-hetero) is 1.